The van der Waals surface area contributed by atoms with Gasteiger partial charge in [0.25, 0.3) is 0 Å². The molecule has 0 N–H and O–H groups in total. The summed E-state index contributed by atoms with van der Waals surface area (Å²) in [5.41, 5.74) is 3.06. The van der Waals surface area contributed by atoms with Gasteiger partial charge in [0.05, 0.1) is 24.8 Å². The number of ether oxygens (including phenoxy) is 1. The number of hydrogen-bond donors (Lipinski definition) is 0. The molecule has 0 aliphatic carbocycles. The summed E-state index contributed by atoms with van der Waals surface area (Å²) in [5, 5.41) is 9.08. The van der Waals surface area contributed by atoms with E-state index in [1.54, 1.807) is 0 Å². The summed E-state index contributed by atoms with van der Waals surface area (Å²) >= 11 is 0. The van der Waals surface area contributed by atoms with Crippen LogP contribution in [0.1, 0.15) is 18.1 Å². The van der Waals surface area contributed by atoms with Crippen LogP contribution in [0.5, 0.6) is 0 Å². The molecule has 3 nitrogen and oxygen atoms in total. The zero-order chi connectivity index (χ0) is 11.4. The van der Waals surface area contributed by atoms with Gasteiger partial charge < -0.3 is 9.64 Å². The fourth-order valence-corrected chi connectivity index (χ4v) is 2.00. The molecular weight excluding hydrogens is 200 g/mol. The second-order valence-corrected chi connectivity index (χ2v) is 3.91. The normalized spacial score (nSPS) is 15.9. The standard InChI is InChI=1S/C13H16N2O/c1-2-11-3-4-13(9-12(11)10-14)15-5-7-16-8-6-15/h3-4,9H,2,5-8H2,1H3. The fourth-order valence-electron chi connectivity index (χ4n) is 2.00. The van der Waals surface area contributed by atoms with Crippen molar-refractivity contribution in [3.8, 4) is 6.07 Å². The van der Waals surface area contributed by atoms with E-state index < -0.39 is 0 Å². The maximum absolute atomic E-state index is 9.08. The first kappa shape index (κ1) is 11.0. The van der Waals surface area contributed by atoms with Crippen molar-refractivity contribution in [1.82, 2.24) is 0 Å². The lowest BCUT2D eigenvalue weighted by molar-refractivity contribution is 0.122. The molecule has 0 bridgehead atoms. The zero-order valence-corrected chi connectivity index (χ0v) is 9.57. The summed E-state index contributed by atoms with van der Waals surface area (Å²) < 4.78 is 5.32. The Kier molecular flexibility index (Phi) is 3.43. The fraction of sp³-hybridized carbons (Fsp3) is 0.462. The van der Waals surface area contributed by atoms with Crippen LogP contribution in [-0.4, -0.2) is 26.3 Å². The third-order valence-corrected chi connectivity index (χ3v) is 2.97. The van der Waals surface area contributed by atoms with Gasteiger partial charge in [-0.25, -0.2) is 0 Å². The summed E-state index contributed by atoms with van der Waals surface area (Å²) in [6, 6.07) is 8.42. The largest absolute Gasteiger partial charge is 0.378 e. The van der Waals surface area contributed by atoms with Gasteiger partial charge in [-0.1, -0.05) is 13.0 Å². The highest BCUT2D eigenvalue weighted by Crippen LogP contribution is 2.20. The second-order valence-electron chi connectivity index (χ2n) is 3.91. The van der Waals surface area contributed by atoms with Gasteiger partial charge in [-0.05, 0) is 24.1 Å². The molecule has 1 aliphatic rings. The van der Waals surface area contributed by atoms with Gasteiger partial charge in [0.1, 0.15) is 0 Å². The Labute approximate surface area is 96.2 Å². The van der Waals surface area contributed by atoms with Crippen molar-refractivity contribution < 1.29 is 4.74 Å². The minimum Gasteiger partial charge on any atom is -0.378 e. The van der Waals surface area contributed by atoms with E-state index in [9.17, 15) is 0 Å². The molecule has 1 heterocycles. The first-order chi connectivity index (χ1) is 7.85. The second kappa shape index (κ2) is 5.00. The molecule has 0 radical (unpaired) electrons. The Morgan fingerprint density at radius 3 is 2.75 bits per heavy atom. The van der Waals surface area contributed by atoms with Crippen molar-refractivity contribution in [2.24, 2.45) is 0 Å². The van der Waals surface area contributed by atoms with E-state index in [0.717, 1.165) is 49.5 Å². The van der Waals surface area contributed by atoms with Crippen molar-refractivity contribution in [2.45, 2.75) is 13.3 Å². The number of rotatable bonds is 2. The number of hydrogen-bond acceptors (Lipinski definition) is 3. The van der Waals surface area contributed by atoms with Crippen LogP contribution in [0.25, 0.3) is 0 Å². The molecule has 0 saturated carbocycles. The van der Waals surface area contributed by atoms with Crippen LogP contribution in [0, 0.1) is 11.3 Å². The van der Waals surface area contributed by atoms with Crippen LogP contribution >= 0.6 is 0 Å². The topological polar surface area (TPSA) is 36.3 Å². The van der Waals surface area contributed by atoms with E-state index in [0.29, 0.717) is 0 Å². The summed E-state index contributed by atoms with van der Waals surface area (Å²) in [6.45, 7) is 5.45. The lowest BCUT2D eigenvalue weighted by atomic mass is 10.0. The van der Waals surface area contributed by atoms with Gasteiger partial charge in [0, 0.05) is 18.8 Å². The number of nitriles is 1. The molecule has 0 aromatic heterocycles. The molecule has 1 aromatic carbocycles. The number of nitrogens with zero attached hydrogens (tertiary/aromatic N) is 2. The van der Waals surface area contributed by atoms with Crippen LogP contribution in [-0.2, 0) is 11.2 Å². The van der Waals surface area contributed by atoms with E-state index in [1.807, 2.05) is 6.07 Å². The van der Waals surface area contributed by atoms with E-state index >= 15 is 0 Å². The summed E-state index contributed by atoms with van der Waals surface area (Å²) in [7, 11) is 0. The predicted octanol–water partition coefficient (Wildman–Crippen LogP) is 1.96. The molecule has 0 amide bonds. The molecule has 1 aromatic rings. The number of benzene rings is 1. The molecule has 16 heavy (non-hydrogen) atoms. The molecule has 0 spiro atoms. The average molecular weight is 216 g/mol. The molecular formula is C13H16N2O. The third-order valence-electron chi connectivity index (χ3n) is 2.97. The highest BCUT2D eigenvalue weighted by Gasteiger charge is 2.12. The Bertz CT molecular complexity index is 403. The SMILES string of the molecule is CCc1ccc(N2CCOCC2)cc1C#N. The lowest BCUT2D eigenvalue weighted by Crippen LogP contribution is -2.36. The maximum Gasteiger partial charge on any atom is 0.0995 e. The van der Waals surface area contributed by atoms with Gasteiger partial charge in [0.15, 0.2) is 0 Å². The lowest BCUT2D eigenvalue weighted by Gasteiger charge is -2.29. The van der Waals surface area contributed by atoms with E-state index in [4.69, 9.17) is 10.00 Å². The first-order valence-electron chi connectivity index (χ1n) is 5.71. The first-order valence-corrected chi connectivity index (χ1v) is 5.71. The maximum atomic E-state index is 9.08. The van der Waals surface area contributed by atoms with Crippen molar-refractivity contribution in [2.75, 3.05) is 31.2 Å². The van der Waals surface area contributed by atoms with E-state index in [-0.39, 0.29) is 0 Å². The van der Waals surface area contributed by atoms with E-state index in [2.05, 4.69) is 30.0 Å². The summed E-state index contributed by atoms with van der Waals surface area (Å²) in [5.74, 6) is 0. The predicted molar refractivity (Wildman–Crippen MR) is 63.6 cm³/mol. The van der Waals surface area contributed by atoms with Crippen molar-refractivity contribution in [3.05, 3.63) is 29.3 Å². The molecule has 0 atom stereocenters. The van der Waals surface area contributed by atoms with Crippen molar-refractivity contribution in [3.63, 3.8) is 0 Å². The minimum atomic E-state index is 0.775. The van der Waals surface area contributed by atoms with Crippen LogP contribution in [0.4, 0.5) is 5.69 Å². The van der Waals surface area contributed by atoms with Crippen LogP contribution in [0.3, 0.4) is 0 Å². The van der Waals surface area contributed by atoms with Crippen LogP contribution in [0.2, 0.25) is 0 Å². The van der Waals surface area contributed by atoms with Gasteiger partial charge in [-0.3, -0.25) is 0 Å². The van der Waals surface area contributed by atoms with Crippen molar-refractivity contribution >= 4 is 5.69 Å². The third kappa shape index (κ3) is 2.17. The zero-order valence-electron chi connectivity index (χ0n) is 9.57. The molecule has 3 heteroatoms. The van der Waals surface area contributed by atoms with Crippen LogP contribution < -0.4 is 4.90 Å². The monoisotopic (exact) mass is 216 g/mol. The number of morpholine rings is 1. The average Bonchev–Trinajstić information content (AvgIpc) is 2.39. The molecule has 1 aliphatic heterocycles. The molecule has 2 rings (SSSR count). The Hall–Kier alpha value is -1.53. The number of anilines is 1. The minimum absolute atomic E-state index is 0.775. The molecule has 84 valence electrons. The molecule has 1 saturated heterocycles. The molecule has 1 fully saturated rings. The Morgan fingerprint density at radius 1 is 1.38 bits per heavy atom. The Morgan fingerprint density at radius 2 is 2.12 bits per heavy atom. The smallest absolute Gasteiger partial charge is 0.0995 e. The van der Waals surface area contributed by atoms with Gasteiger partial charge in [-0.2, -0.15) is 5.26 Å². The van der Waals surface area contributed by atoms with Crippen LogP contribution in [0.15, 0.2) is 18.2 Å². The summed E-state index contributed by atoms with van der Waals surface area (Å²) in [6.07, 6.45) is 0.909. The summed E-state index contributed by atoms with van der Waals surface area (Å²) in [4.78, 5) is 2.27. The van der Waals surface area contributed by atoms with Gasteiger partial charge >= 0.3 is 0 Å². The highest BCUT2D eigenvalue weighted by molar-refractivity contribution is 5.54. The highest BCUT2D eigenvalue weighted by atomic mass is 16.5. The Balaban J connectivity index is 2.25. The number of aryl methyl sites for hydroxylation is 1. The van der Waals surface area contributed by atoms with E-state index in [1.165, 1.54) is 0 Å². The quantitative estimate of drug-likeness (QED) is 0.758. The molecule has 0 unspecified atom stereocenters. The van der Waals surface area contributed by atoms with Gasteiger partial charge in [-0.15, -0.1) is 0 Å². The van der Waals surface area contributed by atoms with Gasteiger partial charge in [0.2, 0.25) is 0 Å². The van der Waals surface area contributed by atoms with Crippen molar-refractivity contribution in [1.29, 1.82) is 5.26 Å².